The molecule has 0 aromatic rings. The molecular weight excluding hydrogens is 206 g/mol. The van der Waals surface area contributed by atoms with Crippen molar-refractivity contribution in [1.29, 1.82) is 0 Å². The minimum atomic E-state index is -0.783. The van der Waals surface area contributed by atoms with Crippen LogP contribution in [0.5, 0.6) is 0 Å². The number of carbonyl (C=O) groups excluding carboxylic acids is 1. The van der Waals surface area contributed by atoms with Crippen molar-refractivity contribution in [2.24, 2.45) is 11.3 Å². The molecule has 0 aliphatic carbocycles. The third-order valence-corrected chi connectivity index (χ3v) is 4.67. The van der Waals surface area contributed by atoms with Gasteiger partial charge >= 0.3 is 0 Å². The number of Topliss-reactive ketones (excluding diaryl/α,β-unsaturated/α-hetero) is 1. The number of methoxy groups -OCH3 is 1. The van der Waals surface area contributed by atoms with E-state index in [0.29, 0.717) is 12.5 Å². The lowest BCUT2D eigenvalue weighted by Gasteiger charge is -2.59. The molecule has 3 aliphatic rings. The number of carbonyl (C=O) groups is 1. The van der Waals surface area contributed by atoms with Crippen molar-refractivity contribution in [3.8, 4) is 0 Å². The Morgan fingerprint density at radius 3 is 2.81 bits per heavy atom. The molecule has 0 amide bonds. The highest BCUT2D eigenvalue weighted by Gasteiger charge is 2.60. The Balaban J connectivity index is 2.39. The molecule has 92 valence electrons. The first-order valence-electron chi connectivity index (χ1n) is 5.91. The highest BCUT2D eigenvalue weighted by Crippen LogP contribution is 2.48. The maximum atomic E-state index is 12.6. The van der Waals surface area contributed by atoms with Gasteiger partial charge in [0, 0.05) is 25.6 Å². The third kappa shape index (κ3) is 1.30. The lowest BCUT2D eigenvalue weighted by atomic mass is 9.59. The molecule has 0 aromatic carbocycles. The van der Waals surface area contributed by atoms with Gasteiger partial charge in [0.2, 0.25) is 0 Å². The molecule has 3 rings (SSSR count). The summed E-state index contributed by atoms with van der Waals surface area (Å²) in [6, 6.07) is 0. The monoisotopic (exact) mass is 227 g/mol. The summed E-state index contributed by atoms with van der Waals surface area (Å²) >= 11 is 0. The van der Waals surface area contributed by atoms with E-state index in [1.807, 2.05) is 6.92 Å². The lowest BCUT2D eigenvalue weighted by Crippen LogP contribution is -2.74. The van der Waals surface area contributed by atoms with Crippen molar-refractivity contribution in [3.05, 3.63) is 0 Å². The summed E-state index contributed by atoms with van der Waals surface area (Å²) in [5, 5.41) is 9.62. The Morgan fingerprint density at radius 2 is 2.31 bits per heavy atom. The smallest absolute Gasteiger partial charge is 0.164 e. The van der Waals surface area contributed by atoms with Gasteiger partial charge < -0.3 is 9.84 Å². The van der Waals surface area contributed by atoms with Crippen LogP contribution in [0.1, 0.15) is 20.3 Å². The van der Waals surface area contributed by atoms with Crippen LogP contribution in [0.3, 0.4) is 0 Å². The Labute approximate surface area is 96.6 Å². The fraction of sp³-hybridized carbons (Fsp3) is 0.917. The molecule has 4 unspecified atom stereocenters. The van der Waals surface area contributed by atoms with Crippen molar-refractivity contribution in [1.82, 2.24) is 4.90 Å². The van der Waals surface area contributed by atoms with Crippen LogP contribution < -0.4 is 0 Å². The molecule has 0 saturated carbocycles. The quantitative estimate of drug-likeness (QED) is 0.753. The van der Waals surface area contributed by atoms with E-state index in [0.717, 1.165) is 19.5 Å². The van der Waals surface area contributed by atoms with Crippen molar-refractivity contribution >= 4 is 5.78 Å². The zero-order chi connectivity index (χ0) is 12.0. The van der Waals surface area contributed by atoms with E-state index >= 15 is 0 Å². The summed E-state index contributed by atoms with van der Waals surface area (Å²) in [6.45, 7) is 6.09. The molecule has 4 heteroatoms. The van der Waals surface area contributed by atoms with Gasteiger partial charge in [0.25, 0.3) is 0 Å². The average Bonchev–Trinajstić information content (AvgIpc) is 2.27. The lowest BCUT2D eigenvalue weighted by molar-refractivity contribution is -0.177. The second-order valence-corrected chi connectivity index (χ2v) is 5.47. The van der Waals surface area contributed by atoms with Gasteiger partial charge in [-0.1, -0.05) is 13.8 Å². The maximum absolute atomic E-state index is 12.6. The van der Waals surface area contributed by atoms with Crippen molar-refractivity contribution < 1.29 is 14.6 Å². The molecule has 3 aliphatic heterocycles. The number of rotatable bonds is 3. The predicted molar refractivity (Wildman–Crippen MR) is 60.2 cm³/mol. The SMILES string of the molecule is COCC1(CO)C(=O)C2(C)CCN1CC2C. The van der Waals surface area contributed by atoms with Crippen LogP contribution in [0, 0.1) is 11.3 Å². The third-order valence-electron chi connectivity index (χ3n) is 4.67. The highest BCUT2D eigenvalue weighted by atomic mass is 16.5. The Hall–Kier alpha value is -0.450. The first kappa shape index (κ1) is 12.0. The predicted octanol–water partition coefficient (Wildman–Crippen LogP) is 0.295. The summed E-state index contributed by atoms with van der Waals surface area (Å²) in [6.07, 6.45) is 0.901. The molecule has 0 radical (unpaired) electrons. The van der Waals surface area contributed by atoms with Gasteiger partial charge in [-0.2, -0.15) is 0 Å². The molecule has 3 saturated heterocycles. The summed E-state index contributed by atoms with van der Waals surface area (Å²) in [7, 11) is 1.58. The van der Waals surface area contributed by atoms with E-state index in [1.165, 1.54) is 0 Å². The van der Waals surface area contributed by atoms with E-state index in [2.05, 4.69) is 11.8 Å². The van der Waals surface area contributed by atoms with E-state index in [4.69, 9.17) is 4.74 Å². The maximum Gasteiger partial charge on any atom is 0.164 e. The summed E-state index contributed by atoms with van der Waals surface area (Å²) in [4.78, 5) is 14.7. The van der Waals surface area contributed by atoms with Gasteiger partial charge in [0.1, 0.15) is 5.54 Å². The summed E-state index contributed by atoms with van der Waals surface area (Å²) < 4.78 is 5.16. The number of fused-ring (bicyclic) bond motifs is 3. The average molecular weight is 227 g/mol. The number of aliphatic hydroxyl groups excluding tert-OH is 1. The van der Waals surface area contributed by atoms with Crippen molar-refractivity contribution in [2.75, 3.05) is 33.4 Å². The molecule has 0 aromatic heterocycles. The Kier molecular flexibility index (Phi) is 2.85. The highest BCUT2D eigenvalue weighted by molar-refractivity contribution is 5.95. The second-order valence-electron chi connectivity index (χ2n) is 5.47. The summed E-state index contributed by atoms with van der Waals surface area (Å²) in [5.41, 5.74) is -1.07. The molecular formula is C12H21NO3. The van der Waals surface area contributed by atoms with Crippen LogP contribution in [-0.4, -0.2) is 54.7 Å². The van der Waals surface area contributed by atoms with Gasteiger partial charge in [-0.05, 0) is 12.3 Å². The number of hydrogen-bond donors (Lipinski definition) is 1. The van der Waals surface area contributed by atoms with E-state index in [1.54, 1.807) is 7.11 Å². The van der Waals surface area contributed by atoms with E-state index in [9.17, 15) is 9.90 Å². The first-order chi connectivity index (χ1) is 7.51. The van der Waals surface area contributed by atoms with Gasteiger partial charge in [0.15, 0.2) is 5.78 Å². The number of nitrogens with zero attached hydrogens (tertiary/aromatic N) is 1. The number of hydrogen-bond acceptors (Lipinski definition) is 4. The van der Waals surface area contributed by atoms with Gasteiger partial charge in [0.05, 0.1) is 13.2 Å². The normalized spacial score (nSPS) is 47.4. The Morgan fingerprint density at radius 1 is 1.62 bits per heavy atom. The summed E-state index contributed by atoms with van der Waals surface area (Å²) in [5.74, 6) is 0.527. The molecule has 16 heavy (non-hydrogen) atoms. The van der Waals surface area contributed by atoms with Crippen LogP contribution in [0.25, 0.3) is 0 Å². The fourth-order valence-corrected chi connectivity index (χ4v) is 3.25. The van der Waals surface area contributed by atoms with Crippen LogP contribution in [0.4, 0.5) is 0 Å². The van der Waals surface area contributed by atoms with Crippen molar-refractivity contribution in [2.45, 2.75) is 25.8 Å². The molecule has 4 atom stereocenters. The van der Waals surface area contributed by atoms with Crippen LogP contribution in [-0.2, 0) is 9.53 Å². The largest absolute Gasteiger partial charge is 0.394 e. The van der Waals surface area contributed by atoms with Crippen LogP contribution in [0.15, 0.2) is 0 Å². The molecule has 0 spiro atoms. The second kappa shape index (κ2) is 3.79. The number of aliphatic hydroxyl groups is 1. The van der Waals surface area contributed by atoms with E-state index in [-0.39, 0.29) is 17.8 Å². The topological polar surface area (TPSA) is 49.8 Å². The Bertz CT molecular complexity index is 307. The molecule has 2 bridgehead atoms. The molecule has 4 nitrogen and oxygen atoms in total. The molecule has 1 N–H and O–H groups in total. The van der Waals surface area contributed by atoms with Crippen molar-refractivity contribution in [3.63, 3.8) is 0 Å². The van der Waals surface area contributed by atoms with Gasteiger partial charge in [-0.3, -0.25) is 9.69 Å². The molecule has 3 fully saturated rings. The standard InChI is InChI=1S/C12H21NO3/c1-9-6-13-5-4-11(9,2)10(15)12(13,7-14)8-16-3/h9,14H,4-8H2,1-3H3. The number of piperidine rings is 3. The van der Waals surface area contributed by atoms with Crippen LogP contribution >= 0.6 is 0 Å². The van der Waals surface area contributed by atoms with E-state index < -0.39 is 5.54 Å². The number of ketones is 1. The van der Waals surface area contributed by atoms with Gasteiger partial charge in [-0.15, -0.1) is 0 Å². The minimum absolute atomic E-state index is 0.137. The minimum Gasteiger partial charge on any atom is -0.394 e. The zero-order valence-electron chi connectivity index (χ0n) is 10.3. The first-order valence-corrected chi connectivity index (χ1v) is 5.91. The zero-order valence-corrected chi connectivity index (χ0v) is 10.3. The number of ether oxygens (including phenoxy) is 1. The van der Waals surface area contributed by atoms with Crippen LogP contribution in [0.2, 0.25) is 0 Å². The molecule has 3 heterocycles. The van der Waals surface area contributed by atoms with Gasteiger partial charge in [-0.25, -0.2) is 0 Å². The fourth-order valence-electron chi connectivity index (χ4n) is 3.25.